The van der Waals surface area contributed by atoms with Gasteiger partial charge < -0.3 is 16.2 Å². The number of hydrogen-bond acceptors (Lipinski definition) is 3. The van der Waals surface area contributed by atoms with Gasteiger partial charge in [0.15, 0.2) is 0 Å². The van der Waals surface area contributed by atoms with Gasteiger partial charge in [-0.2, -0.15) is 0 Å². The number of rotatable bonds is 8. The molecule has 0 aliphatic heterocycles. The lowest BCUT2D eigenvalue weighted by Crippen LogP contribution is -2.28. The molecule has 0 aliphatic carbocycles. The molecule has 0 radical (unpaired) electrons. The van der Waals surface area contributed by atoms with Crippen molar-refractivity contribution in [1.29, 1.82) is 0 Å². The summed E-state index contributed by atoms with van der Waals surface area (Å²) < 4.78 is 33.3. The third kappa shape index (κ3) is 5.38. The van der Waals surface area contributed by atoms with Crippen LogP contribution in [0.2, 0.25) is 0 Å². The molecular weight excluding hydrogens is 358 g/mol. The minimum atomic E-state index is -0.320. The minimum Gasteiger partial charge on any atom is -0.492 e. The van der Waals surface area contributed by atoms with Crippen molar-refractivity contribution in [1.82, 2.24) is 0 Å². The lowest BCUT2D eigenvalue weighted by molar-refractivity contribution is 0.281. The van der Waals surface area contributed by atoms with E-state index in [0.717, 1.165) is 35.1 Å². The third-order valence-corrected chi connectivity index (χ3v) is 4.47. The predicted octanol–water partition coefficient (Wildman–Crippen LogP) is 4.74. The highest BCUT2D eigenvalue weighted by Gasteiger charge is 2.10. The lowest BCUT2D eigenvalue weighted by Gasteiger charge is -2.15. The van der Waals surface area contributed by atoms with Gasteiger partial charge in [-0.1, -0.05) is 24.3 Å². The summed E-state index contributed by atoms with van der Waals surface area (Å²) >= 11 is 0. The highest BCUT2D eigenvalue weighted by molar-refractivity contribution is 5.75. The summed E-state index contributed by atoms with van der Waals surface area (Å²) in [5, 5.41) is 0. The molecular formula is C23H24F2N2O. The molecule has 1 atom stereocenters. The molecule has 3 rings (SSSR count). The van der Waals surface area contributed by atoms with Crippen LogP contribution in [0.4, 0.5) is 8.78 Å². The van der Waals surface area contributed by atoms with Crippen LogP contribution in [0.25, 0.3) is 22.3 Å². The topological polar surface area (TPSA) is 61.3 Å². The monoisotopic (exact) mass is 382 g/mol. The SMILES string of the molecule is NCCC[C@@H](N)COc1cc(-c2cccc(F)c2)cc(-c2cccc(F)c2)c1. The van der Waals surface area contributed by atoms with Gasteiger partial charge in [-0.3, -0.25) is 0 Å². The van der Waals surface area contributed by atoms with Crippen molar-refractivity contribution < 1.29 is 13.5 Å². The molecule has 0 aliphatic rings. The number of halogens is 2. The largest absolute Gasteiger partial charge is 0.492 e. The van der Waals surface area contributed by atoms with E-state index >= 15 is 0 Å². The summed E-state index contributed by atoms with van der Waals surface area (Å²) in [5.74, 6) is -0.0379. The Balaban J connectivity index is 1.94. The molecule has 0 saturated heterocycles. The first-order chi connectivity index (χ1) is 13.5. The van der Waals surface area contributed by atoms with Crippen molar-refractivity contribution in [2.24, 2.45) is 11.5 Å². The van der Waals surface area contributed by atoms with E-state index in [4.69, 9.17) is 16.2 Å². The van der Waals surface area contributed by atoms with E-state index in [0.29, 0.717) is 18.9 Å². The first-order valence-corrected chi connectivity index (χ1v) is 9.30. The van der Waals surface area contributed by atoms with Crippen molar-refractivity contribution in [3.05, 3.63) is 78.4 Å². The molecule has 0 spiro atoms. The molecule has 0 fully saturated rings. The Bertz CT molecular complexity index is 866. The molecule has 5 heteroatoms. The van der Waals surface area contributed by atoms with E-state index in [1.807, 2.05) is 30.3 Å². The molecule has 4 N–H and O–H groups in total. The summed E-state index contributed by atoms with van der Waals surface area (Å²) in [4.78, 5) is 0. The molecule has 0 amide bonds. The van der Waals surface area contributed by atoms with Crippen LogP contribution in [0, 0.1) is 11.6 Å². The van der Waals surface area contributed by atoms with Gasteiger partial charge in [0.25, 0.3) is 0 Å². The lowest BCUT2D eigenvalue weighted by atomic mass is 9.98. The van der Waals surface area contributed by atoms with E-state index in [9.17, 15) is 8.78 Å². The molecule has 3 aromatic rings. The first-order valence-electron chi connectivity index (χ1n) is 9.30. The van der Waals surface area contributed by atoms with Crippen LogP contribution in [0.5, 0.6) is 5.75 Å². The zero-order chi connectivity index (χ0) is 19.9. The Kier molecular flexibility index (Phi) is 6.74. The predicted molar refractivity (Wildman–Crippen MR) is 109 cm³/mol. The fourth-order valence-corrected chi connectivity index (χ4v) is 3.02. The average molecular weight is 382 g/mol. The second-order valence-corrected chi connectivity index (χ2v) is 6.77. The fourth-order valence-electron chi connectivity index (χ4n) is 3.02. The molecule has 0 unspecified atom stereocenters. The maximum absolute atomic E-state index is 13.7. The van der Waals surface area contributed by atoms with Crippen LogP contribution in [0.3, 0.4) is 0 Å². The van der Waals surface area contributed by atoms with Crippen LogP contribution < -0.4 is 16.2 Å². The number of benzene rings is 3. The zero-order valence-corrected chi connectivity index (χ0v) is 15.6. The Morgan fingerprint density at radius 2 is 1.36 bits per heavy atom. The minimum absolute atomic E-state index is 0.126. The second-order valence-electron chi connectivity index (χ2n) is 6.77. The van der Waals surface area contributed by atoms with Crippen LogP contribution in [0.1, 0.15) is 12.8 Å². The molecule has 0 bridgehead atoms. The Morgan fingerprint density at radius 3 is 1.86 bits per heavy atom. The van der Waals surface area contributed by atoms with E-state index in [2.05, 4.69) is 0 Å². The number of hydrogen-bond donors (Lipinski definition) is 2. The first kappa shape index (κ1) is 20.0. The van der Waals surface area contributed by atoms with Crippen LogP contribution in [-0.4, -0.2) is 19.2 Å². The summed E-state index contributed by atoms with van der Waals surface area (Å²) in [6, 6.07) is 18.1. The Morgan fingerprint density at radius 1 is 0.786 bits per heavy atom. The molecule has 146 valence electrons. The summed E-state index contributed by atoms with van der Waals surface area (Å²) in [6.45, 7) is 0.932. The summed E-state index contributed by atoms with van der Waals surface area (Å²) in [6.07, 6.45) is 1.61. The van der Waals surface area contributed by atoms with Gasteiger partial charge in [0, 0.05) is 6.04 Å². The van der Waals surface area contributed by atoms with E-state index in [-0.39, 0.29) is 17.7 Å². The molecule has 0 heterocycles. The highest BCUT2D eigenvalue weighted by Crippen LogP contribution is 2.32. The van der Waals surface area contributed by atoms with E-state index in [1.165, 1.54) is 24.3 Å². The van der Waals surface area contributed by atoms with E-state index < -0.39 is 0 Å². The van der Waals surface area contributed by atoms with Gasteiger partial charge in [0.05, 0.1) is 0 Å². The zero-order valence-electron chi connectivity index (χ0n) is 15.6. The molecule has 28 heavy (non-hydrogen) atoms. The summed E-state index contributed by atoms with van der Waals surface area (Å²) in [7, 11) is 0. The van der Waals surface area contributed by atoms with Gasteiger partial charge in [-0.25, -0.2) is 8.78 Å². The van der Waals surface area contributed by atoms with Gasteiger partial charge in [-0.05, 0) is 84.1 Å². The Hall–Kier alpha value is -2.76. The van der Waals surface area contributed by atoms with Crippen LogP contribution in [0.15, 0.2) is 66.7 Å². The van der Waals surface area contributed by atoms with Gasteiger partial charge in [0.2, 0.25) is 0 Å². The second kappa shape index (κ2) is 9.44. The summed E-state index contributed by atoms with van der Waals surface area (Å²) in [5.41, 5.74) is 14.6. The molecule has 0 saturated carbocycles. The standard InChI is InChI=1S/C23H24F2N2O/c24-20-6-1-4-16(11-20)18-10-19(17-5-2-7-21(25)12-17)14-23(13-18)28-15-22(27)8-3-9-26/h1-2,4-7,10-14,22H,3,8-9,15,26-27H2/t22-/m1/s1. The maximum Gasteiger partial charge on any atom is 0.123 e. The van der Waals surface area contributed by atoms with Crippen molar-refractivity contribution in [3.8, 4) is 28.0 Å². The number of nitrogens with two attached hydrogens (primary N) is 2. The van der Waals surface area contributed by atoms with E-state index in [1.54, 1.807) is 12.1 Å². The van der Waals surface area contributed by atoms with Crippen molar-refractivity contribution >= 4 is 0 Å². The normalized spacial score (nSPS) is 12.0. The van der Waals surface area contributed by atoms with Crippen molar-refractivity contribution in [2.75, 3.05) is 13.2 Å². The smallest absolute Gasteiger partial charge is 0.123 e. The van der Waals surface area contributed by atoms with Crippen molar-refractivity contribution in [2.45, 2.75) is 18.9 Å². The molecule has 3 aromatic carbocycles. The number of ether oxygens (including phenoxy) is 1. The van der Waals surface area contributed by atoms with Crippen molar-refractivity contribution in [3.63, 3.8) is 0 Å². The van der Waals surface area contributed by atoms with Crippen LogP contribution >= 0.6 is 0 Å². The highest BCUT2D eigenvalue weighted by atomic mass is 19.1. The fraction of sp³-hybridized carbons (Fsp3) is 0.217. The van der Waals surface area contributed by atoms with Gasteiger partial charge in [0.1, 0.15) is 24.0 Å². The van der Waals surface area contributed by atoms with Crippen LogP contribution in [-0.2, 0) is 0 Å². The average Bonchev–Trinajstić information content (AvgIpc) is 2.70. The third-order valence-electron chi connectivity index (χ3n) is 4.47. The van der Waals surface area contributed by atoms with Gasteiger partial charge >= 0.3 is 0 Å². The Labute approximate surface area is 163 Å². The quantitative estimate of drug-likeness (QED) is 0.591. The molecule has 3 nitrogen and oxygen atoms in total. The maximum atomic E-state index is 13.7. The molecule has 0 aromatic heterocycles. The van der Waals surface area contributed by atoms with Gasteiger partial charge in [-0.15, -0.1) is 0 Å².